The summed E-state index contributed by atoms with van der Waals surface area (Å²) in [5.41, 5.74) is 14.8. The SMILES string of the molecule is N#Cc1cc(N)cc(-c2ccc(C3=Cc4c(-c5ccccc5)nc5ccccc5c4C(=N)C3=N)cc2)c1. The molecule has 0 saturated heterocycles. The summed E-state index contributed by atoms with van der Waals surface area (Å²) in [6.45, 7) is 0. The van der Waals surface area contributed by atoms with Crippen LogP contribution >= 0.6 is 0 Å². The Morgan fingerprint density at radius 2 is 1.41 bits per heavy atom. The molecule has 1 aromatic heterocycles. The minimum atomic E-state index is 0.173. The van der Waals surface area contributed by atoms with E-state index < -0.39 is 0 Å². The highest BCUT2D eigenvalue weighted by molar-refractivity contribution is 6.64. The van der Waals surface area contributed by atoms with Gasteiger partial charge in [-0.25, -0.2) is 4.98 Å². The fraction of sp³-hybridized carbons (Fsp3) is 0. The first-order valence-corrected chi connectivity index (χ1v) is 11.8. The lowest BCUT2D eigenvalue weighted by Crippen LogP contribution is -2.21. The zero-order valence-corrected chi connectivity index (χ0v) is 19.8. The Hall–Kier alpha value is -5.34. The number of nitrogens with two attached hydrogens (primary N) is 1. The van der Waals surface area contributed by atoms with Gasteiger partial charge in [0.2, 0.25) is 0 Å². The van der Waals surface area contributed by atoms with Crippen LogP contribution in [0, 0.1) is 22.1 Å². The van der Waals surface area contributed by atoms with Crippen LogP contribution in [0.2, 0.25) is 0 Å². The summed E-state index contributed by atoms with van der Waals surface area (Å²) in [7, 11) is 0. The fourth-order valence-electron chi connectivity index (χ4n) is 4.88. The third-order valence-electron chi connectivity index (χ3n) is 6.65. The number of fused-ring (bicyclic) bond motifs is 3. The van der Waals surface area contributed by atoms with Crippen LogP contribution in [0.25, 0.3) is 44.9 Å². The van der Waals surface area contributed by atoms with Gasteiger partial charge in [-0.15, -0.1) is 0 Å². The molecule has 4 aromatic carbocycles. The number of hydrogen-bond donors (Lipinski definition) is 3. The first-order valence-electron chi connectivity index (χ1n) is 11.8. The highest BCUT2D eigenvalue weighted by Gasteiger charge is 2.27. The molecule has 0 spiro atoms. The van der Waals surface area contributed by atoms with Crippen molar-refractivity contribution in [3.05, 3.63) is 119 Å². The second-order valence-electron chi connectivity index (χ2n) is 8.97. The van der Waals surface area contributed by atoms with Gasteiger partial charge in [0.15, 0.2) is 0 Å². The van der Waals surface area contributed by atoms with E-state index in [2.05, 4.69) is 6.07 Å². The highest BCUT2D eigenvalue weighted by atomic mass is 14.7. The minimum absolute atomic E-state index is 0.173. The zero-order valence-electron chi connectivity index (χ0n) is 19.8. The summed E-state index contributed by atoms with van der Waals surface area (Å²) >= 11 is 0. The molecule has 1 aliphatic rings. The summed E-state index contributed by atoms with van der Waals surface area (Å²) in [5, 5.41) is 28.1. The van der Waals surface area contributed by atoms with Crippen molar-refractivity contribution in [3.8, 4) is 28.5 Å². The maximum atomic E-state index is 9.29. The molecule has 5 heteroatoms. The van der Waals surface area contributed by atoms with E-state index in [1.165, 1.54) is 0 Å². The van der Waals surface area contributed by atoms with Gasteiger partial charge in [0.05, 0.1) is 34.3 Å². The first-order chi connectivity index (χ1) is 18.0. The number of para-hydroxylation sites is 1. The molecule has 4 N–H and O–H groups in total. The number of rotatable bonds is 3. The van der Waals surface area contributed by atoms with Gasteiger partial charge in [0.1, 0.15) is 0 Å². The third kappa shape index (κ3) is 3.78. The number of aromatic nitrogens is 1. The van der Waals surface area contributed by atoms with E-state index in [-0.39, 0.29) is 11.4 Å². The van der Waals surface area contributed by atoms with Gasteiger partial charge in [0, 0.05) is 33.3 Å². The number of nitrogens with one attached hydrogen (secondary N) is 2. The molecular formula is C32H21N5. The van der Waals surface area contributed by atoms with E-state index in [1.807, 2.05) is 97.1 Å². The van der Waals surface area contributed by atoms with Gasteiger partial charge in [0.25, 0.3) is 0 Å². The van der Waals surface area contributed by atoms with Crippen LogP contribution in [0.4, 0.5) is 5.69 Å². The average molecular weight is 476 g/mol. The Morgan fingerprint density at radius 3 is 2.16 bits per heavy atom. The summed E-state index contributed by atoms with van der Waals surface area (Å²) in [6, 6.07) is 33.0. The van der Waals surface area contributed by atoms with E-state index >= 15 is 0 Å². The summed E-state index contributed by atoms with van der Waals surface area (Å²) in [6.07, 6.45) is 1.99. The number of nitriles is 1. The van der Waals surface area contributed by atoms with Crippen molar-refractivity contribution < 1.29 is 0 Å². The Morgan fingerprint density at radius 1 is 0.703 bits per heavy atom. The molecule has 0 fully saturated rings. The van der Waals surface area contributed by atoms with Gasteiger partial charge in [-0.2, -0.15) is 5.26 Å². The van der Waals surface area contributed by atoms with Crippen molar-refractivity contribution in [2.45, 2.75) is 0 Å². The maximum Gasteiger partial charge on any atom is 0.0992 e. The molecule has 6 rings (SSSR count). The van der Waals surface area contributed by atoms with Crippen LogP contribution in [0.3, 0.4) is 0 Å². The lowest BCUT2D eigenvalue weighted by atomic mass is 9.82. The van der Waals surface area contributed by atoms with Crippen molar-refractivity contribution in [1.82, 2.24) is 4.98 Å². The van der Waals surface area contributed by atoms with E-state index in [1.54, 1.807) is 6.07 Å². The molecule has 1 aliphatic carbocycles. The number of benzene rings is 4. The third-order valence-corrected chi connectivity index (χ3v) is 6.65. The molecule has 5 nitrogen and oxygen atoms in total. The van der Waals surface area contributed by atoms with Gasteiger partial charge in [-0.1, -0.05) is 72.8 Å². The topological polar surface area (TPSA) is 110 Å². The van der Waals surface area contributed by atoms with Crippen molar-refractivity contribution in [2.75, 3.05) is 5.73 Å². The Bertz CT molecular complexity index is 1810. The van der Waals surface area contributed by atoms with Crippen molar-refractivity contribution >= 4 is 39.7 Å². The van der Waals surface area contributed by atoms with E-state index in [4.69, 9.17) is 21.5 Å². The number of nitrogen functional groups attached to an aromatic ring is 1. The van der Waals surface area contributed by atoms with Crippen LogP contribution < -0.4 is 5.73 Å². The molecule has 0 aliphatic heterocycles. The van der Waals surface area contributed by atoms with Crippen LogP contribution in [-0.4, -0.2) is 16.4 Å². The lowest BCUT2D eigenvalue weighted by Gasteiger charge is -2.23. The fourth-order valence-corrected chi connectivity index (χ4v) is 4.88. The van der Waals surface area contributed by atoms with Gasteiger partial charge >= 0.3 is 0 Å². The molecule has 174 valence electrons. The maximum absolute atomic E-state index is 9.29. The summed E-state index contributed by atoms with van der Waals surface area (Å²) in [4.78, 5) is 4.97. The number of nitrogens with zero attached hydrogens (tertiary/aromatic N) is 2. The smallest absolute Gasteiger partial charge is 0.0992 e. The predicted molar refractivity (Wildman–Crippen MR) is 151 cm³/mol. The molecule has 0 bridgehead atoms. The van der Waals surface area contributed by atoms with Crippen LogP contribution in [-0.2, 0) is 0 Å². The normalized spacial score (nSPS) is 12.7. The second-order valence-corrected chi connectivity index (χ2v) is 8.97. The molecule has 37 heavy (non-hydrogen) atoms. The average Bonchev–Trinajstić information content (AvgIpc) is 2.94. The molecule has 0 atom stereocenters. The van der Waals surface area contributed by atoms with Crippen LogP contribution in [0.1, 0.15) is 22.3 Å². The molecular weight excluding hydrogens is 454 g/mol. The summed E-state index contributed by atoms with van der Waals surface area (Å²) < 4.78 is 0. The van der Waals surface area contributed by atoms with E-state index in [0.29, 0.717) is 16.8 Å². The number of anilines is 1. The monoisotopic (exact) mass is 475 g/mol. The molecule has 5 aromatic rings. The van der Waals surface area contributed by atoms with Crippen molar-refractivity contribution in [2.24, 2.45) is 0 Å². The summed E-state index contributed by atoms with van der Waals surface area (Å²) in [5.74, 6) is 0. The number of allylic oxidation sites excluding steroid dienone is 1. The first kappa shape index (κ1) is 22.1. The highest BCUT2D eigenvalue weighted by Crippen LogP contribution is 2.38. The van der Waals surface area contributed by atoms with E-state index in [0.717, 1.165) is 50.0 Å². The van der Waals surface area contributed by atoms with Crippen LogP contribution in [0.15, 0.2) is 97.1 Å². The molecule has 0 unspecified atom stereocenters. The van der Waals surface area contributed by atoms with Crippen molar-refractivity contribution in [3.63, 3.8) is 0 Å². The minimum Gasteiger partial charge on any atom is -0.399 e. The largest absolute Gasteiger partial charge is 0.399 e. The van der Waals surface area contributed by atoms with Crippen LogP contribution in [0.5, 0.6) is 0 Å². The zero-order chi connectivity index (χ0) is 25.5. The quantitative estimate of drug-likeness (QED) is 0.245. The molecule has 0 amide bonds. The molecule has 0 radical (unpaired) electrons. The predicted octanol–water partition coefficient (Wildman–Crippen LogP) is 6.96. The Kier molecular flexibility index (Phi) is 5.21. The molecule has 1 heterocycles. The standard InChI is InChI=1S/C32H21N5/c33-18-19-14-23(16-24(34)15-19)20-10-12-21(13-11-20)26-17-27-29(31(36)30(26)35)25-8-4-5-9-28(25)37-32(27)22-6-2-1-3-7-22/h1-17,35-36H,34H2. The lowest BCUT2D eigenvalue weighted by molar-refractivity contribution is 1.36. The van der Waals surface area contributed by atoms with Gasteiger partial charge in [-0.3, -0.25) is 10.8 Å². The second kappa shape index (κ2) is 8.71. The van der Waals surface area contributed by atoms with Gasteiger partial charge in [-0.05, 0) is 47.0 Å². The van der Waals surface area contributed by atoms with Gasteiger partial charge < -0.3 is 5.73 Å². The van der Waals surface area contributed by atoms with E-state index in [9.17, 15) is 5.26 Å². The molecule has 0 saturated carbocycles. The Balaban J connectivity index is 1.52. The van der Waals surface area contributed by atoms with Crippen molar-refractivity contribution in [1.29, 1.82) is 16.1 Å². The number of pyridine rings is 1. The Labute approximate surface area is 214 Å². The number of hydrogen-bond acceptors (Lipinski definition) is 5.